The summed E-state index contributed by atoms with van der Waals surface area (Å²) in [6.45, 7) is 3.92. The van der Waals surface area contributed by atoms with E-state index in [2.05, 4.69) is 0 Å². The SMILES string of the molecule is Cc1ccc(N(C(=O)Cc2ccc(F)cc2)[C@H]2C=CS(=O)(=O)C2)cc1C. The van der Waals surface area contributed by atoms with E-state index < -0.39 is 15.9 Å². The first-order valence-corrected chi connectivity index (χ1v) is 10.0. The Bertz CT molecular complexity index is 965. The first-order chi connectivity index (χ1) is 12.2. The summed E-state index contributed by atoms with van der Waals surface area (Å²) in [5.74, 6) is -0.724. The summed E-state index contributed by atoms with van der Waals surface area (Å²) in [6, 6.07) is 10.8. The summed E-state index contributed by atoms with van der Waals surface area (Å²) in [7, 11) is -3.30. The van der Waals surface area contributed by atoms with Gasteiger partial charge in [-0.2, -0.15) is 0 Å². The molecule has 0 spiro atoms. The smallest absolute Gasteiger partial charge is 0.231 e. The molecule has 136 valence electrons. The largest absolute Gasteiger partial charge is 0.304 e. The van der Waals surface area contributed by atoms with Gasteiger partial charge in [0.25, 0.3) is 0 Å². The number of carbonyl (C=O) groups is 1. The molecular weight excluding hydrogens is 353 g/mol. The van der Waals surface area contributed by atoms with Gasteiger partial charge < -0.3 is 4.90 Å². The van der Waals surface area contributed by atoms with E-state index >= 15 is 0 Å². The van der Waals surface area contributed by atoms with Gasteiger partial charge in [-0.05, 0) is 60.9 Å². The van der Waals surface area contributed by atoms with Crippen LogP contribution in [0.25, 0.3) is 0 Å². The Morgan fingerprint density at radius 2 is 1.81 bits per heavy atom. The summed E-state index contributed by atoms with van der Waals surface area (Å²) in [5.41, 5.74) is 3.45. The van der Waals surface area contributed by atoms with Gasteiger partial charge >= 0.3 is 0 Å². The van der Waals surface area contributed by atoms with Crippen molar-refractivity contribution in [3.63, 3.8) is 0 Å². The van der Waals surface area contributed by atoms with Crippen molar-refractivity contribution in [2.24, 2.45) is 0 Å². The molecule has 1 atom stereocenters. The van der Waals surface area contributed by atoms with Crippen LogP contribution in [0, 0.1) is 19.7 Å². The molecule has 1 aliphatic rings. The molecule has 4 nitrogen and oxygen atoms in total. The molecule has 0 saturated heterocycles. The molecule has 2 aromatic rings. The van der Waals surface area contributed by atoms with Crippen molar-refractivity contribution in [2.45, 2.75) is 26.3 Å². The maximum atomic E-state index is 13.1. The molecule has 0 aliphatic carbocycles. The normalized spacial score (nSPS) is 18.0. The molecule has 0 N–H and O–H groups in total. The molecule has 26 heavy (non-hydrogen) atoms. The van der Waals surface area contributed by atoms with Gasteiger partial charge in [0, 0.05) is 11.1 Å². The van der Waals surface area contributed by atoms with E-state index in [0.717, 1.165) is 16.5 Å². The molecule has 1 heterocycles. The lowest BCUT2D eigenvalue weighted by atomic mass is 10.1. The second-order valence-corrected chi connectivity index (χ2v) is 8.49. The number of aryl methyl sites for hydroxylation is 2. The van der Waals surface area contributed by atoms with Gasteiger partial charge in [0.1, 0.15) is 5.82 Å². The predicted molar refractivity (Wildman–Crippen MR) is 100 cm³/mol. The van der Waals surface area contributed by atoms with E-state index in [-0.39, 0.29) is 23.9 Å². The van der Waals surface area contributed by atoms with Crippen molar-refractivity contribution in [1.82, 2.24) is 0 Å². The highest BCUT2D eigenvalue weighted by molar-refractivity contribution is 7.94. The molecular formula is C20H20FNO3S. The van der Waals surface area contributed by atoms with E-state index in [4.69, 9.17) is 0 Å². The topological polar surface area (TPSA) is 54.5 Å². The Balaban J connectivity index is 1.94. The van der Waals surface area contributed by atoms with Crippen molar-refractivity contribution in [3.8, 4) is 0 Å². The van der Waals surface area contributed by atoms with Gasteiger partial charge in [-0.15, -0.1) is 0 Å². The number of nitrogens with zero attached hydrogens (tertiary/aromatic N) is 1. The number of rotatable bonds is 4. The molecule has 2 aromatic carbocycles. The molecule has 0 bridgehead atoms. The van der Waals surface area contributed by atoms with E-state index in [1.807, 2.05) is 32.0 Å². The second-order valence-electron chi connectivity index (χ2n) is 6.56. The van der Waals surface area contributed by atoms with E-state index in [0.29, 0.717) is 11.3 Å². The number of hydrogen-bond acceptors (Lipinski definition) is 3. The lowest BCUT2D eigenvalue weighted by molar-refractivity contribution is -0.118. The Labute approximate surface area is 152 Å². The monoisotopic (exact) mass is 373 g/mol. The molecule has 0 fully saturated rings. The van der Waals surface area contributed by atoms with Crippen molar-refractivity contribution < 1.29 is 17.6 Å². The van der Waals surface area contributed by atoms with Crippen molar-refractivity contribution in [1.29, 1.82) is 0 Å². The quantitative estimate of drug-likeness (QED) is 0.826. The summed E-state index contributed by atoms with van der Waals surface area (Å²) < 4.78 is 36.8. The van der Waals surface area contributed by atoms with Crippen LogP contribution in [0.1, 0.15) is 16.7 Å². The number of benzene rings is 2. The average Bonchev–Trinajstić information content (AvgIpc) is 2.93. The summed E-state index contributed by atoms with van der Waals surface area (Å²) in [4.78, 5) is 14.5. The highest BCUT2D eigenvalue weighted by Gasteiger charge is 2.31. The van der Waals surface area contributed by atoms with Gasteiger partial charge in [-0.25, -0.2) is 12.8 Å². The maximum Gasteiger partial charge on any atom is 0.231 e. The second kappa shape index (κ2) is 7.03. The molecule has 0 saturated carbocycles. The third kappa shape index (κ3) is 4.02. The Morgan fingerprint density at radius 3 is 2.38 bits per heavy atom. The van der Waals surface area contributed by atoms with Crippen LogP contribution in [-0.4, -0.2) is 26.1 Å². The van der Waals surface area contributed by atoms with Gasteiger partial charge in [-0.3, -0.25) is 4.79 Å². The van der Waals surface area contributed by atoms with E-state index in [1.165, 1.54) is 17.0 Å². The Hall–Kier alpha value is -2.47. The Kier molecular flexibility index (Phi) is 4.96. The van der Waals surface area contributed by atoms with Gasteiger partial charge in [0.15, 0.2) is 9.84 Å². The van der Waals surface area contributed by atoms with Gasteiger partial charge in [0.05, 0.1) is 18.2 Å². The van der Waals surface area contributed by atoms with Crippen LogP contribution < -0.4 is 4.90 Å². The van der Waals surface area contributed by atoms with Crippen molar-refractivity contribution in [3.05, 3.63) is 76.5 Å². The zero-order chi connectivity index (χ0) is 18.9. The van der Waals surface area contributed by atoms with Crippen LogP contribution in [0.4, 0.5) is 10.1 Å². The minimum atomic E-state index is -3.30. The van der Waals surface area contributed by atoms with Crippen molar-refractivity contribution in [2.75, 3.05) is 10.7 Å². The van der Waals surface area contributed by atoms with Gasteiger partial charge in [-0.1, -0.05) is 18.2 Å². The molecule has 0 unspecified atom stereocenters. The van der Waals surface area contributed by atoms with Crippen molar-refractivity contribution >= 4 is 21.4 Å². The number of hydrogen-bond donors (Lipinski definition) is 0. The number of halogens is 1. The van der Waals surface area contributed by atoms with E-state index in [9.17, 15) is 17.6 Å². The zero-order valence-electron chi connectivity index (χ0n) is 14.6. The first kappa shape index (κ1) is 18.3. The minimum absolute atomic E-state index is 0.0671. The van der Waals surface area contributed by atoms with Crippen LogP contribution >= 0.6 is 0 Å². The highest BCUT2D eigenvalue weighted by Crippen LogP contribution is 2.26. The number of amides is 1. The summed E-state index contributed by atoms with van der Waals surface area (Å²) >= 11 is 0. The third-order valence-corrected chi connectivity index (χ3v) is 5.93. The molecule has 0 radical (unpaired) electrons. The molecule has 0 aromatic heterocycles. The predicted octanol–water partition coefficient (Wildman–Crippen LogP) is 3.33. The lowest BCUT2D eigenvalue weighted by Crippen LogP contribution is -2.42. The van der Waals surface area contributed by atoms with Crippen LogP contribution in [0.5, 0.6) is 0 Å². The Morgan fingerprint density at radius 1 is 1.12 bits per heavy atom. The third-order valence-electron chi connectivity index (χ3n) is 4.55. The molecule has 1 aliphatic heterocycles. The van der Waals surface area contributed by atoms with E-state index in [1.54, 1.807) is 18.2 Å². The van der Waals surface area contributed by atoms with Crippen LogP contribution in [-0.2, 0) is 21.1 Å². The fraction of sp³-hybridized carbons (Fsp3) is 0.250. The minimum Gasteiger partial charge on any atom is -0.304 e. The summed E-state index contributed by atoms with van der Waals surface area (Å²) in [6.07, 6.45) is 1.62. The first-order valence-electron chi connectivity index (χ1n) is 8.30. The maximum absolute atomic E-state index is 13.1. The van der Waals surface area contributed by atoms with Crippen LogP contribution in [0.3, 0.4) is 0 Å². The summed E-state index contributed by atoms with van der Waals surface area (Å²) in [5, 5.41) is 1.16. The number of anilines is 1. The number of sulfone groups is 1. The fourth-order valence-corrected chi connectivity index (χ4v) is 4.25. The average molecular weight is 373 g/mol. The molecule has 3 rings (SSSR count). The molecule has 6 heteroatoms. The fourth-order valence-electron chi connectivity index (χ4n) is 2.98. The standard InChI is InChI=1S/C20H20FNO3S/c1-14-3-8-18(11-15(14)2)22(19-9-10-26(24,25)13-19)20(23)12-16-4-6-17(21)7-5-16/h3-11,19H,12-13H2,1-2H3/t19-/m0/s1. The highest BCUT2D eigenvalue weighted by atomic mass is 32.2. The lowest BCUT2D eigenvalue weighted by Gasteiger charge is -2.28. The van der Waals surface area contributed by atoms with Crippen LogP contribution in [0.15, 0.2) is 53.9 Å². The van der Waals surface area contributed by atoms with Gasteiger partial charge in [0.2, 0.25) is 5.91 Å². The molecule has 1 amide bonds. The zero-order valence-corrected chi connectivity index (χ0v) is 15.5. The number of carbonyl (C=O) groups excluding carboxylic acids is 1. The van der Waals surface area contributed by atoms with Crippen LogP contribution in [0.2, 0.25) is 0 Å².